The van der Waals surface area contributed by atoms with E-state index in [1.165, 1.54) is 0 Å². The van der Waals surface area contributed by atoms with Gasteiger partial charge in [-0.25, -0.2) is 0 Å². The van der Waals surface area contributed by atoms with Gasteiger partial charge in [0.05, 0.1) is 18.5 Å². The molecule has 2 rings (SSSR count). The maximum Gasteiger partial charge on any atom is 0.0736 e. The van der Waals surface area contributed by atoms with Gasteiger partial charge in [-0.15, -0.1) is 0 Å². The number of nitriles is 1. The molecule has 0 aliphatic rings. The van der Waals surface area contributed by atoms with Crippen LogP contribution in [-0.4, -0.2) is 12.5 Å². The third kappa shape index (κ3) is 2.41. The average Bonchev–Trinajstić information content (AvgIpc) is 2.38. The molecule has 4 heteroatoms. The number of carbonyl (C=O) groups is 1. The Morgan fingerprint density at radius 2 is 1.94 bits per heavy atom. The van der Waals surface area contributed by atoms with E-state index in [9.17, 15) is 9.90 Å². The summed E-state index contributed by atoms with van der Waals surface area (Å²) in [6, 6.07) is 12.8. The van der Waals surface area contributed by atoms with Crippen LogP contribution in [0.3, 0.4) is 0 Å². The molecule has 0 bridgehead atoms. The zero-order chi connectivity index (χ0) is 13.0. The van der Waals surface area contributed by atoms with Crippen LogP contribution < -0.4 is 10.4 Å². The quantitative estimate of drug-likeness (QED) is 0.821. The Balaban J connectivity index is 2.45. The predicted octanol–water partition coefficient (Wildman–Crippen LogP) is 1.53. The van der Waals surface area contributed by atoms with E-state index >= 15 is 0 Å². The van der Waals surface area contributed by atoms with Crippen molar-refractivity contribution in [1.29, 1.82) is 5.26 Å². The number of benzene rings is 2. The SMILES string of the molecule is N#CCCNc1cc2ccccc2cc1C(=O)[O-]. The van der Waals surface area contributed by atoms with Crippen molar-refractivity contribution < 1.29 is 9.90 Å². The highest BCUT2D eigenvalue weighted by Crippen LogP contribution is 2.23. The summed E-state index contributed by atoms with van der Waals surface area (Å²) in [6.07, 6.45) is 0.319. The molecule has 0 fully saturated rings. The third-order valence-electron chi connectivity index (χ3n) is 2.66. The number of rotatable bonds is 4. The molecule has 0 saturated heterocycles. The lowest BCUT2D eigenvalue weighted by Crippen LogP contribution is -2.23. The second kappa shape index (κ2) is 5.19. The molecular formula is C14H11N2O2-. The van der Waals surface area contributed by atoms with Gasteiger partial charge in [0.1, 0.15) is 0 Å². The molecule has 0 heterocycles. The van der Waals surface area contributed by atoms with Crippen LogP contribution in [0, 0.1) is 11.3 Å². The molecule has 4 nitrogen and oxygen atoms in total. The molecule has 0 aliphatic carbocycles. The molecule has 2 aromatic rings. The summed E-state index contributed by atoms with van der Waals surface area (Å²) in [5, 5.41) is 24.3. The Morgan fingerprint density at radius 1 is 1.28 bits per heavy atom. The minimum atomic E-state index is -1.22. The van der Waals surface area contributed by atoms with Crippen LogP contribution in [0.4, 0.5) is 5.69 Å². The largest absolute Gasteiger partial charge is 0.545 e. The highest BCUT2D eigenvalue weighted by molar-refractivity contribution is 5.99. The van der Waals surface area contributed by atoms with Gasteiger partial charge in [-0.1, -0.05) is 24.3 Å². The van der Waals surface area contributed by atoms with E-state index in [2.05, 4.69) is 5.32 Å². The molecular weight excluding hydrogens is 228 g/mol. The monoisotopic (exact) mass is 239 g/mol. The Bertz CT molecular complexity index is 629. The van der Waals surface area contributed by atoms with Crippen molar-refractivity contribution in [2.75, 3.05) is 11.9 Å². The number of anilines is 1. The van der Waals surface area contributed by atoms with E-state index in [1.54, 1.807) is 12.1 Å². The highest BCUT2D eigenvalue weighted by Gasteiger charge is 2.05. The Labute approximate surface area is 104 Å². The lowest BCUT2D eigenvalue weighted by Gasteiger charge is -2.13. The first-order chi connectivity index (χ1) is 8.72. The molecule has 0 aromatic heterocycles. The van der Waals surface area contributed by atoms with Crippen LogP contribution in [0.1, 0.15) is 16.8 Å². The van der Waals surface area contributed by atoms with Crippen molar-refractivity contribution in [3.63, 3.8) is 0 Å². The number of nitrogens with one attached hydrogen (secondary N) is 1. The number of carboxylic acid groups (broad SMARTS) is 1. The fraction of sp³-hybridized carbons (Fsp3) is 0.143. The van der Waals surface area contributed by atoms with E-state index in [0.717, 1.165) is 10.8 Å². The topological polar surface area (TPSA) is 76.0 Å². The molecule has 0 radical (unpaired) electrons. The lowest BCUT2D eigenvalue weighted by molar-refractivity contribution is -0.254. The molecule has 90 valence electrons. The van der Waals surface area contributed by atoms with Crippen LogP contribution >= 0.6 is 0 Å². The summed E-state index contributed by atoms with van der Waals surface area (Å²) in [6.45, 7) is 0.412. The van der Waals surface area contributed by atoms with Crippen molar-refractivity contribution in [2.45, 2.75) is 6.42 Å². The van der Waals surface area contributed by atoms with Crippen molar-refractivity contribution in [1.82, 2.24) is 0 Å². The van der Waals surface area contributed by atoms with E-state index in [4.69, 9.17) is 5.26 Å². The van der Waals surface area contributed by atoms with Gasteiger partial charge in [0, 0.05) is 17.8 Å². The second-order valence-electron chi connectivity index (χ2n) is 3.87. The number of nitrogens with zero attached hydrogens (tertiary/aromatic N) is 1. The summed E-state index contributed by atoms with van der Waals surface area (Å²) in [5.41, 5.74) is 0.607. The van der Waals surface area contributed by atoms with Gasteiger partial charge in [0.25, 0.3) is 0 Å². The number of carboxylic acids is 1. The molecule has 0 amide bonds. The maximum atomic E-state index is 11.1. The number of fused-ring (bicyclic) bond motifs is 1. The standard InChI is InChI=1S/C14H12N2O2/c15-6-3-7-16-13-9-11-5-2-1-4-10(11)8-12(13)14(17)18/h1-2,4-5,8-9,16H,3,7H2,(H,17,18)/p-1. The first-order valence-corrected chi connectivity index (χ1v) is 5.57. The Kier molecular flexibility index (Phi) is 3.44. The normalized spacial score (nSPS) is 9.94. The minimum absolute atomic E-state index is 0.117. The van der Waals surface area contributed by atoms with E-state index in [1.807, 2.05) is 30.3 Å². The zero-order valence-corrected chi connectivity index (χ0v) is 9.64. The van der Waals surface area contributed by atoms with E-state index in [0.29, 0.717) is 18.7 Å². The second-order valence-corrected chi connectivity index (χ2v) is 3.87. The van der Waals surface area contributed by atoms with Crippen LogP contribution in [0.5, 0.6) is 0 Å². The third-order valence-corrected chi connectivity index (χ3v) is 2.66. The van der Waals surface area contributed by atoms with Gasteiger partial charge >= 0.3 is 0 Å². The van der Waals surface area contributed by atoms with Crippen molar-refractivity contribution in [3.8, 4) is 6.07 Å². The molecule has 0 atom stereocenters. The molecule has 0 saturated carbocycles. The molecule has 0 spiro atoms. The first kappa shape index (κ1) is 11.9. The molecule has 0 unspecified atom stereocenters. The minimum Gasteiger partial charge on any atom is -0.545 e. The molecule has 1 N–H and O–H groups in total. The summed E-state index contributed by atoms with van der Waals surface area (Å²) >= 11 is 0. The van der Waals surface area contributed by atoms with Gasteiger partial charge in [0.15, 0.2) is 0 Å². The summed E-state index contributed by atoms with van der Waals surface area (Å²) < 4.78 is 0. The number of hydrogen-bond acceptors (Lipinski definition) is 4. The smallest absolute Gasteiger partial charge is 0.0736 e. The Morgan fingerprint density at radius 3 is 2.56 bits per heavy atom. The molecule has 0 aliphatic heterocycles. The van der Waals surface area contributed by atoms with Gasteiger partial charge in [-0.3, -0.25) is 0 Å². The van der Waals surface area contributed by atoms with Crippen LogP contribution in [0.15, 0.2) is 36.4 Å². The molecule has 2 aromatic carbocycles. The fourth-order valence-corrected chi connectivity index (χ4v) is 1.81. The Hall–Kier alpha value is -2.54. The van der Waals surface area contributed by atoms with Crippen molar-refractivity contribution in [3.05, 3.63) is 42.0 Å². The first-order valence-electron chi connectivity index (χ1n) is 5.57. The highest BCUT2D eigenvalue weighted by atomic mass is 16.4. The van der Waals surface area contributed by atoms with Crippen LogP contribution in [-0.2, 0) is 0 Å². The fourth-order valence-electron chi connectivity index (χ4n) is 1.81. The van der Waals surface area contributed by atoms with Gasteiger partial charge in [-0.2, -0.15) is 5.26 Å². The van der Waals surface area contributed by atoms with E-state index < -0.39 is 5.97 Å². The zero-order valence-electron chi connectivity index (χ0n) is 9.64. The van der Waals surface area contributed by atoms with Gasteiger partial charge in [0.2, 0.25) is 0 Å². The van der Waals surface area contributed by atoms with Crippen LogP contribution in [0.2, 0.25) is 0 Å². The van der Waals surface area contributed by atoms with E-state index in [-0.39, 0.29) is 5.56 Å². The lowest BCUT2D eigenvalue weighted by atomic mass is 10.0. The van der Waals surface area contributed by atoms with Crippen molar-refractivity contribution >= 4 is 22.4 Å². The number of hydrogen-bond donors (Lipinski definition) is 1. The van der Waals surface area contributed by atoms with Gasteiger partial charge in [-0.05, 0) is 22.9 Å². The van der Waals surface area contributed by atoms with Crippen molar-refractivity contribution in [2.24, 2.45) is 0 Å². The summed E-state index contributed by atoms with van der Waals surface area (Å²) in [7, 11) is 0. The van der Waals surface area contributed by atoms with Gasteiger partial charge < -0.3 is 15.2 Å². The molecule has 18 heavy (non-hydrogen) atoms. The summed E-state index contributed by atoms with van der Waals surface area (Å²) in [5.74, 6) is -1.22. The predicted molar refractivity (Wildman–Crippen MR) is 67.0 cm³/mol. The average molecular weight is 239 g/mol. The maximum absolute atomic E-state index is 11.1. The number of aromatic carboxylic acids is 1. The van der Waals surface area contributed by atoms with Crippen LogP contribution in [0.25, 0.3) is 10.8 Å². The summed E-state index contributed by atoms with van der Waals surface area (Å²) in [4.78, 5) is 11.1. The number of carbonyl (C=O) groups excluding carboxylic acids is 1.